The molecule has 2 heterocycles. The molecule has 3 atom stereocenters. The first-order valence-electron chi connectivity index (χ1n) is 13.5. The van der Waals surface area contributed by atoms with Crippen LogP contribution in [0.5, 0.6) is 5.75 Å². The summed E-state index contributed by atoms with van der Waals surface area (Å²) in [5.41, 5.74) is 1.89. The van der Waals surface area contributed by atoms with E-state index in [2.05, 4.69) is 23.1 Å². The highest BCUT2D eigenvalue weighted by molar-refractivity contribution is 5.81. The fourth-order valence-corrected chi connectivity index (χ4v) is 6.86. The molecule has 2 aliphatic heterocycles. The molecule has 2 aromatic rings. The fourth-order valence-electron chi connectivity index (χ4n) is 6.86. The molecule has 0 bridgehead atoms. The van der Waals surface area contributed by atoms with Gasteiger partial charge in [-0.3, -0.25) is 0 Å². The Morgan fingerprint density at radius 2 is 1.83 bits per heavy atom. The van der Waals surface area contributed by atoms with Gasteiger partial charge in [0.1, 0.15) is 5.75 Å². The molecule has 35 heavy (non-hydrogen) atoms. The second-order valence-corrected chi connectivity index (χ2v) is 11.1. The fraction of sp³-hybridized carbons (Fsp3) is 0.567. The number of benzene rings is 2. The zero-order valence-corrected chi connectivity index (χ0v) is 20.5. The number of piperidine rings is 1. The average molecular weight is 476 g/mol. The van der Waals surface area contributed by atoms with E-state index in [0.29, 0.717) is 29.9 Å². The predicted octanol–water partition coefficient (Wildman–Crippen LogP) is 4.35. The highest BCUT2D eigenvalue weighted by atomic mass is 16.6. The third-order valence-corrected chi connectivity index (χ3v) is 9.05. The minimum absolute atomic E-state index is 0.0638. The standard InChI is InChI=1S/C30H37NO4/c32-29(30(33,23-7-3-1-4-8-23)24-9-5-2-6-10-24)35-20-27-25-18-31(19-26(25)27)15-13-21-11-12-28-22(17-21)14-16-34-28/h1,3-4,7-8,11-12,17,24-27,33H,2,5-6,9-10,13-16,18-20H2. The van der Waals surface area contributed by atoms with Gasteiger partial charge in [0, 0.05) is 37.9 Å². The minimum atomic E-state index is -1.53. The SMILES string of the molecule is O=C(OCC1C2CN(CCc3ccc4c(c3)CCO4)CC12)C(O)(c1ccccc1)C1CCCCC1. The maximum atomic E-state index is 13.3. The Morgan fingerprint density at radius 1 is 1.06 bits per heavy atom. The van der Waals surface area contributed by atoms with Gasteiger partial charge in [0.25, 0.3) is 0 Å². The summed E-state index contributed by atoms with van der Waals surface area (Å²) >= 11 is 0. The Labute approximate surface area is 208 Å². The lowest BCUT2D eigenvalue weighted by Gasteiger charge is -2.36. The second kappa shape index (κ2) is 9.59. The van der Waals surface area contributed by atoms with Crippen molar-refractivity contribution in [1.82, 2.24) is 4.90 Å². The molecule has 1 N–H and O–H groups in total. The molecule has 0 amide bonds. The number of rotatable bonds is 8. The molecule has 2 aromatic carbocycles. The Bertz CT molecular complexity index is 1040. The molecule has 0 aromatic heterocycles. The van der Waals surface area contributed by atoms with Gasteiger partial charge in [-0.25, -0.2) is 4.79 Å². The second-order valence-electron chi connectivity index (χ2n) is 11.1. The highest BCUT2D eigenvalue weighted by Gasteiger charge is 2.56. The van der Waals surface area contributed by atoms with Crippen LogP contribution in [0.15, 0.2) is 48.5 Å². The van der Waals surface area contributed by atoms with Crippen LogP contribution in [-0.4, -0.2) is 48.8 Å². The van der Waals surface area contributed by atoms with Crippen molar-refractivity contribution in [3.05, 3.63) is 65.2 Å². The Hall–Kier alpha value is -2.37. The number of ether oxygens (including phenoxy) is 2. The third kappa shape index (κ3) is 4.49. The maximum Gasteiger partial charge on any atom is 0.343 e. The Balaban J connectivity index is 1.01. The number of carbonyl (C=O) groups is 1. The molecule has 186 valence electrons. The molecule has 4 aliphatic rings. The smallest absolute Gasteiger partial charge is 0.343 e. The largest absolute Gasteiger partial charge is 0.493 e. The van der Waals surface area contributed by atoms with Gasteiger partial charge in [0.2, 0.25) is 0 Å². The topological polar surface area (TPSA) is 59.0 Å². The molecule has 3 fully saturated rings. The van der Waals surface area contributed by atoms with Gasteiger partial charge in [-0.15, -0.1) is 0 Å². The first-order valence-corrected chi connectivity index (χ1v) is 13.5. The average Bonchev–Trinajstić information content (AvgIpc) is 3.22. The molecular weight excluding hydrogens is 438 g/mol. The number of esters is 1. The molecule has 1 saturated heterocycles. The Kier molecular flexibility index (Phi) is 6.32. The monoisotopic (exact) mass is 475 g/mol. The van der Waals surface area contributed by atoms with Crippen LogP contribution in [0.4, 0.5) is 0 Å². The molecule has 2 saturated carbocycles. The van der Waals surface area contributed by atoms with Crippen molar-refractivity contribution in [3.8, 4) is 5.75 Å². The molecule has 5 heteroatoms. The zero-order chi connectivity index (χ0) is 23.8. The van der Waals surface area contributed by atoms with Crippen molar-refractivity contribution in [3.63, 3.8) is 0 Å². The van der Waals surface area contributed by atoms with Gasteiger partial charge in [-0.1, -0.05) is 61.7 Å². The summed E-state index contributed by atoms with van der Waals surface area (Å²) in [5.74, 6) is 2.23. The van der Waals surface area contributed by atoms with E-state index >= 15 is 0 Å². The first-order chi connectivity index (χ1) is 17.1. The summed E-state index contributed by atoms with van der Waals surface area (Å²) in [4.78, 5) is 15.9. The number of hydrogen-bond donors (Lipinski definition) is 1. The van der Waals surface area contributed by atoms with Crippen LogP contribution in [0.1, 0.15) is 48.8 Å². The lowest BCUT2D eigenvalue weighted by Crippen LogP contribution is -2.45. The summed E-state index contributed by atoms with van der Waals surface area (Å²) in [6.45, 7) is 4.51. The Morgan fingerprint density at radius 3 is 2.60 bits per heavy atom. The van der Waals surface area contributed by atoms with Crippen LogP contribution in [0, 0.1) is 23.7 Å². The van der Waals surface area contributed by atoms with Crippen LogP contribution >= 0.6 is 0 Å². The lowest BCUT2D eigenvalue weighted by molar-refractivity contribution is -0.176. The summed E-state index contributed by atoms with van der Waals surface area (Å²) < 4.78 is 11.5. The van der Waals surface area contributed by atoms with Gasteiger partial charge < -0.3 is 19.5 Å². The lowest BCUT2D eigenvalue weighted by atomic mass is 9.73. The minimum Gasteiger partial charge on any atom is -0.493 e. The number of carbonyl (C=O) groups excluding carboxylic acids is 1. The van der Waals surface area contributed by atoms with Crippen LogP contribution in [-0.2, 0) is 28.0 Å². The van der Waals surface area contributed by atoms with Gasteiger partial charge in [-0.2, -0.15) is 0 Å². The van der Waals surface area contributed by atoms with E-state index in [1.807, 2.05) is 30.3 Å². The molecule has 2 aliphatic carbocycles. The molecule has 5 nitrogen and oxygen atoms in total. The third-order valence-electron chi connectivity index (χ3n) is 9.05. The van der Waals surface area contributed by atoms with Gasteiger partial charge in [0.05, 0.1) is 13.2 Å². The molecule has 0 spiro atoms. The number of hydrogen-bond acceptors (Lipinski definition) is 5. The van der Waals surface area contributed by atoms with Crippen molar-refractivity contribution >= 4 is 5.97 Å². The summed E-state index contributed by atoms with van der Waals surface area (Å²) in [7, 11) is 0. The van der Waals surface area contributed by atoms with Crippen LogP contribution in [0.2, 0.25) is 0 Å². The van der Waals surface area contributed by atoms with E-state index in [1.165, 1.54) is 17.5 Å². The van der Waals surface area contributed by atoms with Crippen LogP contribution < -0.4 is 4.74 Å². The number of likely N-dealkylation sites (tertiary alicyclic amines) is 1. The molecule has 6 rings (SSSR count). The van der Waals surface area contributed by atoms with E-state index in [4.69, 9.17) is 9.47 Å². The van der Waals surface area contributed by atoms with E-state index in [-0.39, 0.29) is 5.92 Å². The quantitative estimate of drug-likeness (QED) is 0.575. The summed E-state index contributed by atoms with van der Waals surface area (Å²) in [6, 6.07) is 16.1. The van der Waals surface area contributed by atoms with E-state index < -0.39 is 11.6 Å². The molecule has 3 unspecified atom stereocenters. The van der Waals surface area contributed by atoms with Crippen molar-refractivity contribution < 1.29 is 19.4 Å². The predicted molar refractivity (Wildman–Crippen MR) is 134 cm³/mol. The summed E-state index contributed by atoms with van der Waals surface area (Å²) in [6.07, 6.45) is 7.15. The van der Waals surface area contributed by atoms with Crippen molar-refractivity contribution in [2.24, 2.45) is 23.7 Å². The first kappa shape index (κ1) is 23.1. The van der Waals surface area contributed by atoms with E-state index in [9.17, 15) is 9.90 Å². The van der Waals surface area contributed by atoms with Gasteiger partial charge in [0.15, 0.2) is 5.60 Å². The summed E-state index contributed by atoms with van der Waals surface area (Å²) in [5, 5.41) is 11.7. The molecular formula is C30H37NO4. The van der Waals surface area contributed by atoms with Crippen molar-refractivity contribution in [2.75, 3.05) is 32.8 Å². The number of nitrogens with zero attached hydrogens (tertiary/aromatic N) is 1. The van der Waals surface area contributed by atoms with Crippen LogP contribution in [0.3, 0.4) is 0 Å². The number of fused-ring (bicyclic) bond motifs is 2. The normalized spacial score (nSPS) is 27.5. The number of aliphatic hydroxyl groups is 1. The molecule has 0 radical (unpaired) electrons. The van der Waals surface area contributed by atoms with Crippen molar-refractivity contribution in [1.29, 1.82) is 0 Å². The van der Waals surface area contributed by atoms with E-state index in [0.717, 1.165) is 70.5 Å². The van der Waals surface area contributed by atoms with E-state index in [1.54, 1.807) is 0 Å². The van der Waals surface area contributed by atoms with Gasteiger partial charge in [-0.05, 0) is 53.9 Å². The maximum absolute atomic E-state index is 13.3. The van der Waals surface area contributed by atoms with Crippen molar-refractivity contribution in [2.45, 2.75) is 50.5 Å². The van der Waals surface area contributed by atoms with Crippen LogP contribution in [0.25, 0.3) is 0 Å². The highest BCUT2D eigenvalue weighted by Crippen LogP contribution is 2.52. The van der Waals surface area contributed by atoms with Gasteiger partial charge >= 0.3 is 5.97 Å². The zero-order valence-electron chi connectivity index (χ0n) is 20.5.